The summed E-state index contributed by atoms with van der Waals surface area (Å²) >= 11 is 0. The van der Waals surface area contributed by atoms with E-state index >= 15 is 0 Å². The molecule has 252 valence electrons. The quantitative estimate of drug-likeness (QED) is 0.0863. The zero-order valence-corrected chi connectivity index (χ0v) is 33.9. The monoisotopic (exact) mass is 835 g/mol. The normalized spacial score (nSPS) is 11.2. The summed E-state index contributed by atoms with van der Waals surface area (Å²) in [6.45, 7) is 3.11. The molecule has 0 saturated heterocycles. The summed E-state index contributed by atoms with van der Waals surface area (Å²) in [5.74, 6) is 2.39. The van der Waals surface area contributed by atoms with E-state index in [1.54, 1.807) is 0 Å². The minimum absolute atomic E-state index is 0. The molecule has 0 aliphatic carbocycles. The summed E-state index contributed by atoms with van der Waals surface area (Å²) in [6.07, 6.45) is 8.05. The van der Waals surface area contributed by atoms with Crippen molar-refractivity contribution in [1.82, 2.24) is 39.9 Å². The summed E-state index contributed by atoms with van der Waals surface area (Å²) in [6, 6.07) is 32.2. The van der Waals surface area contributed by atoms with Crippen LogP contribution in [0, 0.1) is 0 Å². The first kappa shape index (κ1) is 36.3. The maximum absolute atomic E-state index is 5.34. The molecule has 3 aromatic heterocycles. The number of halogens is 1. The van der Waals surface area contributed by atoms with E-state index in [2.05, 4.69) is 16.9 Å². The molecule has 51 heavy (non-hydrogen) atoms. The fourth-order valence-corrected chi connectivity index (χ4v) is 6.52. The summed E-state index contributed by atoms with van der Waals surface area (Å²) in [5, 5.41) is 3.82. The number of hydrogen-bond acceptors (Lipinski definition) is 7. The molecule has 9 rings (SSSR count). The van der Waals surface area contributed by atoms with Crippen molar-refractivity contribution in [3.05, 3.63) is 97.1 Å². The number of aromatic nitrogens is 8. The summed E-state index contributed by atoms with van der Waals surface area (Å²) in [4.78, 5) is 36.8. The Balaban J connectivity index is 0.000000364. The van der Waals surface area contributed by atoms with E-state index in [4.69, 9.17) is 35.6 Å². The van der Waals surface area contributed by atoms with Gasteiger partial charge < -0.3 is 15.7 Å². The summed E-state index contributed by atoms with van der Waals surface area (Å²) in [7, 11) is 0. The van der Waals surface area contributed by atoms with Gasteiger partial charge in [0.1, 0.15) is 22.6 Å². The molecular weight excluding hydrogens is 799 g/mol. The maximum atomic E-state index is 5.34. The smallest absolute Gasteiger partial charge is 0.164 e. The van der Waals surface area contributed by atoms with Crippen molar-refractivity contribution < 1.29 is 19.5 Å². The Morgan fingerprint density at radius 1 is 0.431 bits per heavy atom. The van der Waals surface area contributed by atoms with E-state index in [-0.39, 0.29) is 43.5 Å². The van der Waals surface area contributed by atoms with Gasteiger partial charge in [-0.2, -0.15) is 0 Å². The van der Waals surface area contributed by atoms with Crippen molar-refractivity contribution in [2.75, 3.05) is 6.54 Å². The molecule has 0 amide bonds. The largest absolute Gasteiger partial charge is 0.330 e. The first-order chi connectivity index (χ1) is 24.2. The van der Waals surface area contributed by atoms with E-state index < -0.39 is 0 Å². The third-order valence-corrected chi connectivity index (χ3v) is 9.02. The van der Waals surface area contributed by atoms with Crippen molar-refractivity contribution in [2.45, 2.75) is 45.4 Å². The number of fused-ring (bicyclic) bond motifs is 20. The van der Waals surface area contributed by atoms with Crippen molar-refractivity contribution in [2.24, 2.45) is 5.73 Å². The van der Waals surface area contributed by atoms with Crippen molar-refractivity contribution in [1.29, 1.82) is 0 Å². The SMILES string of the molecule is CCCCCCCCN.I.[Zn].c1ccc2c(c1)-c1nc-2nc2[nH]c(nc3nc(nc4[nH]c(n1)c1ccccc41)-c1ccccc1-3)c1ccccc21. The first-order valence-electron chi connectivity index (χ1n) is 17.1. The van der Waals surface area contributed by atoms with E-state index in [1.165, 1.54) is 38.5 Å². The van der Waals surface area contributed by atoms with Crippen LogP contribution in [-0.4, -0.2) is 46.4 Å². The fourth-order valence-electron chi connectivity index (χ4n) is 6.52. The molecule has 4 N–H and O–H groups in total. The number of unbranched alkanes of at least 4 members (excludes halogenated alkanes) is 5. The molecule has 0 saturated carbocycles. The standard InChI is InChI=1S/C32H18N8.C8H19N.HI.Zn/c1-2-10-18-17(9-1)25-33-26(18)38-28-21-13-5-6-14-22(21)30(35-28)40-32-24-16-8-7-15-23(24)31(36-32)39-29-20-12-4-3-11-19(20)27(34-29)37-25;1-2-3-4-5-6-7-8-9;;/h1-16H,(H2,33,34,35,36,37,38,39,40);2-9H2,1H3;1H;. The molecule has 4 aromatic carbocycles. The minimum Gasteiger partial charge on any atom is -0.330 e. The Bertz CT molecular complexity index is 2160. The van der Waals surface area contributed by atoms with E-state index in [1.807, 2.05) is 97.1 Å². The molecule has 7 aromatic rings. The second-order valence-electron chi connectivity index (χ2n) is 12.3. The van der Waals surface area contributed by atoms with Crippen LogP contribution in [0.3, 0.4) is 0 Å². The third kappa shape index (κ3) is 7.20. The number of hydrogen-bond donors (Lipinski definition) is 3. The van der Waals surface area contributed by atoms with E-state index in [0.29, 0.717) is 45.9 Å². The Morgan fingerprint density at radius 2 is 0.725 bits per heavy atom. The van der Waals surface area contributed by atoms with Crippen molar-refractivity contribution in [3.63, 3.8) is 0 Å². The fraction of sp³-hybridized carbons (Fsp3) is 0.200. The second-order valence-corrected chi connectivity index (χ2v) is 12.3. The Morgan fingerprint density at radius 3 is 1.04 bits per heavy atom. The number of nitrogens with two attached hydrogens (primary N) is 1. The molecule has 5 heterocycles. The van der Waals surface area contributed by atoms with Gasteiger partial charge in [-0.25, -0.2) is 29.9 Å². The molecule has 9 nitrogen and oxygen atoms in total. The van der Waals surface area contributed by atoms with Gasteiger partial charge in [0.15, 0.2) is 23.3 Å². The van der Waals surface area contributed by atoms with Crippen LogP contribution in [0.25, 0.3) is 89.7 Å². The topological polar surface area (TPSA) is 135 Å². The number of aromatic amines is 2. The number of nitrogens with zero attached hydrogens (tertiary/aromatic N) is 6. The molecule has 2 aliphatic rings. The number of nitrogens with one attached hydrogen (secondary N) is 2. The van der Waals surface area contributed by atoms with Crippen molar-refractivity contribution in [3.8, 4) is 45.6 Å². The van der Waals surface area contributed by atoms with Gasteiger partial charge in [0.2, 0.25) is 0 Å². The van der Waals surface area contributed by atoms with Crippen LogP contribution < -0.4 is 5.73 Å². The minimum atomic E-state index is 0. The second kappa shape index (κ2) is 16.3. The summed E-state index contributed by atoms with van der Waals surface area (Å²) < 4.78 is 0. The molecule has 0 fully saturated rings. The van der Waals surface area contributed by atoms with Gasteiger partial charge in [-0.15, -0.1) is 24.0 Å². The van der Waals surface area contributed by atoms with Crippen LogP contribution in [0.1, 0.15) is 45.4 Å². The van der Waals surface area contributed by atoms with Crippen LogP contribution in [-0.2, 0) is 19.5 Å². The molecule has 8 bridgehead atoms. The average molecular weight is 837 g/mol. The molecule has 11 heteroatoms. The van der Waals surface area contributed by atoms with Gasteiger partial charge >= 0.3 is 0 Å². The van der Waals surface area contributed by atoms with Crippen LogP contribution in [0.5, 0.6) is 0 Å². The van der Waals surface area contributed by atoms with Gasteiger partial charge in [-0.3, -0.25) is 0 Å². The maximum Gasteiger partial charge on any atom is 0.164 e. The number of benzene rings is 4. The van der Waals surface area contributed by atoms with Gasteiger partial charge in [0.05, 0.1) is 0 Å². The molecular formula is C40H38IN9Zn. The third-order valence-electron chi connectivity index (χ3n) is 9.02. The van der Waals surface area contributed by atoms with Gasteiger partial charge in [-0.1, -0.05) is 136 Å². The van der Waals surface area contributed by atoms with Gasteiger partial charge in [0.25, 0.3) is 0 Å². The molecule has 0 radical (unpaired) electrons. The number of rotatable bonds is 6. The molecule has 0 spiro atoms. The Hall–Kier alpha value is -4.45. The predicted molar refractivity (Wildman–Crippen MR) is 214 cm³/mol. The van der Waals surface area contributed by atoms with Gasteiger partial charge in [-0.05, 0) is 13.0 Å². The number of H-pyrrole nitrogens is 2. The molecule has 0 unspecified atom stereocenters. The van der Waals surface area contributed by atoms with Crippen LogP contribution in [0.2, 0.25) is 0 Å². The van der Waals surface area contributed by atoms with Crippen LogP contribution in [0.15, 0.2) is 97.1 Å². The van der Waals surface area contributed by atoms with Crippen LogP contribution >= 0.6 is 24.0 Å². The predicted octanol–water partition coefficient (Wildman–Crippen LogP) is 9.79. The van der Waals surface area contributed by atoms with Gasteiger partial charge in [0, 0.05) is 63.3 Å². The van der Waals surface area contributed by atoms with E-state index in [9.17, 15) is 0 Å². The van der Waals surface area contributed by atoms with Crippen molar-refractivity contribution >= 4 is 68.1 Å². The zero-order valence-electron chi connectivity index (χ0n) is 28.6. The zero-order chi connectivity index (χ0) is 33.2. The molecule has 0 atom stereocenters. The average Bonchev–Trinajstić information content (AvgIpc) is 3.88. The van der Waals surface area contributed by atoms with E-state index in [0.717, 1.165) is 50.3 Å². The summed E-state index contributed by atoms with van der Waals surface area (Å²) in [5.41, 5.74) is 11.8. The molecule has 2 aliphatic heterocycles. The Kier molecular flexibility index (Phi) is 11.6. The van der Waals surface area contributed by atoms with Crippen LogP contribution in [0.4, 0.5) is 0 Å². The Labute approximate surface area is 325 Å². The first-order valence-corrected chi connectivity index (χ1v) is 17.1.